The molecule has 0 aliphatic carbocycles. The monoisotopic (exact) mass is 386 g/mol. The first kappa shape index (κ1) is 20.1. The molecular formula is C18H21F3N2O2S. The number of sulfonamides is 1. The first-order chi connectivity index (χ1) is 11.9. The van der Waals surface area contributed by atoms with Gasteiger partial charge >= 0.3 is 6.18 Å². The van der Waals surface area contributed by atoms with Crippen LogP contribution in [0.5, 0.6) is 0 Å². The molecule has 0 spiro atoms. The lowest BCUT2D eigenvalue weighted by molar-refractivity contribution is -0.115. The average Bonchev–Trinajstić information content (AvgIpc) is 2.52. The molecule has 0 unspecified atom stereocenters. The summed E-state index contributed by atoms with van der Waals surface area (Å²) in [7, 11) is -3.92. The van der Waals surface area contributed by atoms with E-state index in [4.69, 9.17) is 0 Å². The smallest absolute Gasteiger partial charge is 0.375 e. The SMILES string of the molecule is CC(C)(C)c1ccc(S(=O)(=O)Nc2ccccc2NCC(F)(F)F)cc1. The Morgan fingerprint density at radius 1 is 0.885 bits per heavy atom. The zero-order valence-electron chi connectivity index (χ0n) is 14.7. The predicted octanol–water partition coefficient (Wildman–Crippen LogP) is 4.76. The van der Waals surface area contributed by atoms with Crippen LogP contribution in [0.25, 0.3) is 0 Å². The van der Waals surface area contributed by atoms with E-state index in [2.05, 4.69) is 10.0 Å². The summed E-state index contributed by atoms with van der Waals surface area (Å²) in [5.74, 6) is 0. The number of hydrogen-bond acceptors (Lipinski definition) is 3. The minimum Gasteiger partial charge on any atom is -0.375 e. The van der Waals surface area contributed by atoms with Gasteiger partial charge < -0.3 is 5.32 Å². The second-order valence-electron chi connectivity index (χ2n) is 6.89. The van der Waals surface area contributed by atoms with Crippen molar-refractivity contribution in [1.29, 1.82) is 0 Å². The highest BCUT2D eigenvalue weighted by Crippen LogP contribution is 2.27. The standard InChI is InChI=1S/C18H21F3N2O2S/c1-17(2,3)13-8-10-14(11-9-13)26(24,25)23-16-7-5-4-6-15(16)22-12-18(19,20)21/h4-11,22-23H,12H2,1-3H3. The molecule has 0 aliphatic heterocycles. The normalized spacial score (nSPS) is 12.7. The molecule has 2 aromatic rings. The molecule has 0 aliphatic rings. The molecule has 0 amide bonds. The van der Waals surface area contributed by atoms with Crippen molar-refractivity contribution < 1.29 is 21.6 Å². The lowest BCUT2D eigenvalue weighted by Crippen LogP contribution is -2.22. The Morgan fingerprint density at radius 3 is 1.92 bits per heavy atom. The fourth-order valence-corrected chi connectivity index (χ4v) is 3.34. The zero-order chi connectivity index (χ0) is 19.6. The maximum Gasteiger partial charge on any atom is 0.405 e. The molecule has 2 N–H and O–H groups in total. The molecule has 0 saturated heterocycles. The van der Waals surface area contributed by atoms with Crippen LogP contribution in [0.4, 0.5) is 24.5 Å². The number of hydrogen-bond donors (Lipinski definition) is 2. The first-order valence-electron chi connectivity index (χ1n) is 7.91. The molecule has 2 aromatic carbocycles. The lowest BCUT2D eigenvalue weighted by Gasteiger charge is -2.19. The molecule has 2 rings (SSSR count). The third-order valence-corrected chi connectivity index (χ3v) is 5.06. The summed E-state index contributed by atoms with van der Waals surface area (Å²) in [5.41, 5.74) is 0.962. The van der Waals surface area contributed by atoms with Crippen LogP contribution in [0.3, 0.4) is 0 Å². The number of para-hydroxylation sites is 2. The van der Waals surface area contributed by atoms with Crippen molar-refractivity contribution in [3.8, 4) is 0 Å². The van der Waals surface area contributed by atoms with Gasteiger partial charge in [-0.15, -0.1) is 0 Å². The fourth-order valence-electron chi connectivity index (χ4n) is 2.26. The molecule has 0 fully saturated rings. The Bertz CT molecular complexity index is 855. The van der Waals surface area contributed by atoms with Crippen molar-refractivity contribution >= 4 is 21.4 Å². The summed E-state index contributed by atoms with van der Waals surface area (Å²) in [4.78, 5) is 0.0381. The lowest BCUT2D eigenvalue weighted by atomic mass is 9.87. The minimum atomic E-state index is -4.41. The maximum absolute atomic E-state index is 12.6. The van der Waals surface area contributed by atoms with Crippen molar-refractivity contribution in [3.63, 3.8) is 0 Å². The summed E-state index contributed by atoms with van der Waals surface area (Å²) >= 11 is 0. The van der Waals surface area contributed by atoms with Crippen LogP contribution >= 0.6 is 0 Å². The topological polar surface area (TPSA) is 58.2 Å². The van der Waals surface area contributed by atoms with Gasteiger partial charge in [-0.1, -0.05) is 45.0 Å². The number of halogens is 3. The molecule has 0 saturated carbocycles. The summed E-state index contributed by atoms with van der Waals surface area (Å²) in [6, 6.07) is 12.3. The van der Waals surface area contributed by atoms with Gasteiger partial charge in [0.25, 0.3) is 10.0 Å². The van der Waals surface area contributed by atoms with Crippen LogP contribution in [0.1, 0.15) is 26.3 Å². The molecule has 0 aromatic heterocycles. The quantitative estimate of drug-likeness (QED) is 0.779. The van der Waals surface area contributed by atoms with E-state index in [1.54, 1.807) is 18.2 Å². The summed E-state index contributed by atoms with van der Waals surface area (Å²) in [5, 5.41) is 2.20. The van der Waals surface area contributed by atoms with Crippen LogP contribution in [0.15, 0.2) is 53.4 Å². The van der Waals surface area contributed by atoms with Crippen molar-refractivity contribution in [2.45, 2.75) is 37.3 Å². The van der Waals surface area contributed by atoms with Gasteiger partial charge in [-0.2, -0.15) is 13.2 Å². The molecule has 26 heavy (non-hydrogen) atoms. The average molecular weight is 386 g/mol. The van der Waals surface area contributed by atoms with E-state index < -0.39 is 22.7 Å². The number of alkyl halides is 3. The van der Waals surface area contributed by atoms with Gasteiger partial charge in [0.2, 0.25) is 0 Å². The van der Waals surface area contributed by atoms with E-state index in [1.807, 2.05) is 20.8 Å². The Hall–Kier alpha value is -2.22. The molecule has 0 radical (unpaired) electrons. The predicted molar refractivity (Wildman–Crippen MR) is 96.9 cm³/mol. The van der Waals surface area contributed by atoms with Crippen LogP contribution in [-0.4, -0.2) is 21.1 Å². The molecular weight excluding hydrogens is 365 g/mol. The second kappa shape index (κ2) is 7.19. The van der Waals surface area contributed by atoms with E-state index in [1.165, 1.54) is 30.3 Å². The van der Waals surface area contributed by atoms with Crippen LogP contribution in [-0.2, 0) is 15.4 Å². The summed E-state index contributed by atoms with van der Waals surface area (Å²) < 4.78 is 64.7. The Balaban J connectivity index is 2.24. The number of benzene rings is 2. The highest BCUT2D eigenvalue weighted by Gasteiger charge is 2.27. The van der Waals surface area contributed by atoms with E-state index in [0.717, 1.165) is 5.56 Å². The summed E-state index contributed by atoms with van der Waals surface area (Å²) in [6.45, 7) is 4.78. The second-order valence-corrected chi connectivity index (χ2v) is 8.58. The Labute approximate surface area is 151 Å². The third kappa shape index (κ3) is 5.39. The number of rotatable bonds is 5. The number of anilines is 2. The van der Waals surface area contributed by atoms with Crippen molar-refractivity contribution in [2.75, 3.05) is 16.6 Å². The zero-order valence-corrected chi connectivity index (χ0v) is 15.5. The van der Waals surface area contributed by atoms with Crippen LogP contribution < -0.4 is 10.0 Å². The molecule has 8 heteroatoms. The Morgan fingerprint density at radius 2 is 1.42 bits per heavy atom. The summed E-state index contributed by atoms with van der Waals surface area (Å²) in [6.07, 6.45) is -4.41. The molecule has 0 heterocycles. The van der Waals surface area contributed by atoms with Crippen LogP contribution in [0, 0.1) is 0 Å². The van der Waals surface area contributed by atoms with Crippen LogP contribution in [0.2, 0.25) is 0 Å². The van der Waals surface area contributed by atoms with Gasteiger partial charge in [0.1, 0.15) is 6.54 Å². The first-order valence-corrected chi connectivity index (χ1v) is 9.40. The van der Waals surface area contributed by atoms with Gasteiger partial charge in [-0.3, -0.25) is 4.72 Å². The van der Waals surface area contributed by atoms with E-state index in [9.17, 15) is 21.6 Å². The van der Waals surface area contributed by atoms with Gasteiger partial charge in [0, 0.05) is 0 Å². The minimum absolute atomic E-state index is 0.0381. The molecule has 0 bridgehead atoms. The maximum atomic E-state index is 12.6. The van der Waals surface area contributed by atoms with Gasteiger partial charge in [0.15, 0.2) is 0 Å². The van der Waals surface area contributed by atoms with Gasteiger partial charge in [0.05, 0.1) is 16.3 Å². The highest BCUT2D eigenvalue weighted by molar-refractivity contribution is 7.92. The van der Waals surface area contributed by atoms with E-state index >= 15 is 0 Å². The highest BCUT2D eigenvalue weighted by atomic mass is 32.2. The van der Waals surface area contributed by atoms with Gasteiger partial charge in [-0.25, -0.2) is 8.42 Å². The van der Waals surface area contributed by atoms with E-state index in [0.29, 0.717) is 0 Å². The van der Waals surface area contributed by atoms with Crippen molar-refractivity contribution in [1.82, 2.24) is 0 Å². The van der Waals surface area contributed by atoms with E-state index in [-0.39, 0.29) is 21.7 Å². The largest absolute Gasteiger partial charge is 0.405 e. The molecule has 0 atom stereocenters. The number of nitrogens with one attached hydrogen (secondary N) is 2. The Kier molecular flexibility index (Phi) is 5.55. The molecule has 4 nitrogen and oxygen atoms in total. The third-order valence-electron chi connectivity index (χ3n) is 3.68. The molecule has 142 valence electrons. The van der Waals surface area contributed by atoms with Crippen molar-refractivity contribution in [2.24, 2.45) is 0 Å². The van der Waals surface area contributed by atoms with Gasteiger partial charge in [-0.05, 0) is 35.2 Å². The van der Waals surface area contributed by atoms with Crippen molar-refractivity contribution in [3.05, 3.63) is 54.1 Å². The fraction of sp³-hybridized carbons (Fsp3) is 0.333.